The molecule has 2 aliphatic heterocycles. The third kappa shape index (κ3) is 4.03. The van der Waals surface area contributed by atoms with Gasteiger partial charge in [-0.05, 0) is 57.1 Å². The summed E-state index contributed by atoms with van der Waals surface area (Å²) in [5.41, 5.74) is 5.28. The molecule has 1 saturated carbocycles. The van der Waals surface area contributed by atoms with E-state index in [-0.39, 0.29) is 24.3 Å². The molecule has 30 heavy (non-hydrogen) atoms. The van der Waals surface area contributed by atoms with Crippen molar-refractivity contribution in [3.63, 3.8) is 0 Å². The number of amides is 1. The summed E-state index contributed by atoms with van der Waals surface area (Å²) in [6.07, 6.45) is 2.37. The second-order valence-corrected chi connectivity index (χ2v) is 8.83. The Kier molecular flexibility index (Phi) is 5.73. The smallest absolute Gasteiger partial charge is 0.338 e. The molecule has 1 fully saturated rings. The molecule has 0 unspecified atom stereocenters. The largest absolute Gasteiger partial charge is 0.463 e. The Labute approximate surface area is 181 Å². The molecule has 1 amide bonds. The molecular weight excluding hydrogens is 398 g/mol. The highest BCUT2D eigenvalue weighted by molar-refractivity contribution is 8.16. The number of hydrogen-bond acceptors (Lipinski definition) is 6. The Bertz CT molecular complexity index is 991. The fourth-order valence-electron chi connectivity index (χ4n) is 3.86. The highest BCUT2D eigenvalue weighted by Crippen LogP contribution is 2.45. The summed E-state index contributed by atoms with van der Waals surface area (Å²) in [5, 5.41) is 5.82. The van der Waals surface area contributed by atoms with E-state index in [0.717, 1.165) is 40.4 Å². The number of thioether (sulfide) groups is 1. The summed E-state index contributed by atoms with van der Waals surface area (Å²) >= 11 is 1.50. The molecule has 3 aliphatic rings. The molecule has 2 heterocycles. The van der Waals surface area contributed by atoms with Crippen LogP contribution in [-0.2, 0) is 14.3 Å². The van der Waals surface area contributed by atoms with Gasteiger partial charge in [-0.1, -0.05) is 35.5 Å². The SMILES string of the molecule is CCOC(=O)C1=C(C)N=C2SC=C(CC(=O)NC3CC3)N2[C@@H]1c1cc(C)ccc1C. The van der Waals surface area contributed by atoms with E-state index in [2.05, 4.69) is 28.5 Å². The van der Waals surface area contributed by atoms with Gasteiger partial charge in [-0.25, -0.2) is 9.79 Å². The number of aryl methyl sites for hydroxylation is 2. The number of fused-ring (bicyclic) bond motifs is 1. The molecular formula is C23H27N3O3S. The van der Waals surface area contributed by atoms with Gasteiger partial charge in [0.15, 0.2) is 5.17 Å². The summed E-state index contributed by atoms with van der Waals surface area (Å²) in [4.78, 5) is 32.2. The maximum Gasteiger partial charge on any atom is 0.338 e. The Morgan fingerprint density at radius 2 is 2.03 bits per heavy atom. The van der Waals surface area contributed by atoms with Crippen LogP contribution >= 0.6 is 11.8 Å². The molecule has 1 atom stereocenters. The van der Waals surface area contributed by atoms with Gasteiger partial charge in [0.05, 0.1) is 30.3 Å². The number of nitrogens with one attached hydrogen (secondary N) is 1. The molecule has 158 valence electrons. The highest BCUT2D eigenvalue weighted by Gasteiger charge is 2.41. The van der Waals surface area contributed by atoms with Crippen molar-refractivity contribution in [3.05, 3.63) is 57.3 Å². The molecule has 7 heteroatoms. The summed E-state index contributed by atoms with van der Waals surface area (Å²) in [5.74, 6) is -0.350. The minimum Gasteiger partial charge on any atom is -0.463 e. The standard InChI is InChI=1S/C23H27N3O3S/c1-5-29-22(28)20-15(4)24-23-26(21(20)18-10-13(2)6-7-14(18)3)17(12-30-23)11-19(27)25-16-8-9-16/h6-7,10,12,16,21H,5,8-9,11H2,1-4H3,(H,25,27)/t21-/m1/s1. The van der Waals surface area contributed by atoms with Crippen LogP contribution < -0.4 is 5.32 Å². The maximum absolute atomic E-state index is 13.0. The molecule has 0 aromatic heterocycles. The summed E-state index contributed by atoms with van der Waals surface area (Å²) in [6, 6.07) is 6.19. The zero-order valence-electron chi connectivity index (χ0n) is 17.8. The average molecular weight is 426 g/mol. The number of hydrogen-bond donors (Lipinski definition) is 1. The normalized spacial score (nSPS) is 20.5. The molecule has 0 radical (unpaired) electrons. The highest BCUT2D eigenvalue weighted by atomic mass is 32.2. The minimum absolute atomic E-state index is 0.00859. The first-order valence-corrected chi connectivity index (χ1v) is 11.2. The molecule has 6 nitrogen and oxygen atoms in total. The van der Waals surface area contributed by atoms with Crippen molar-refractivity contribution < 1.29 is 14.3 Å². The van der Waals surface area contributed by atoms with E-state index in [4.69, 9.17) is 4.74 Å². The third-order valence-electron chi connectivity index (χ3n) is 5.51. The van der Waals surface area contributed by atoms with Gasteiger partial charge in [0.25, 0.3) is 0 Å². The lowest BCUT2D eigenvalue weighted by Gasteiger charge is -2.37. The zero-order chi connectivity index (χ0) is 21.4. The van der Waals surface area contributed by atoms with Crippen LogP contribution in [0, 0.1) is 13.8 Å². The number of nitrogens with zero attached hydrogens (tertiary/aromatic N) is 2. The van der Waals surface area contributed by atoms with Gasteiger partial charge in [-0.15, -0.1) is 0 Å². The molecule has 1 aromatic carbocycles. The number of ether oxygens (including phenoxy) is 1. The van der Waals surface area contributed by atoms with Crippen molar-refractivity contribution in [2.75, 3.05) is 6.61 Å². The van der Waals surface area contributed by atoms with Gasteiger partial charge in [-0.3, -0.25) is 4.79 Å². The van der Waals surface area contributed by atoms with Crippen LogP contribution in [0.5, 0.6) is 0 Å². The molecule has 4 rings (SSSR count). The Morgan fingerprint density at radius 3 is 2.73 bits per heavy atom. The number of esters is 1. The average Bonchev–Trinajstić information content (AvgIpc) is 3.42. The van der Waals surface area contributed by atoms with Gasteiger partial charge in [0.1, 0.15) is 0 Å². The van der Waals surface area contributed by atoms with Crippen molar-refractivity contribution in [2.45, 2.75) is 59.0 Å². The quantitative estimate of drug-likeness (QED) is 0.695. The van der Waals surface area contributed by atoms with Gasteiger partial charge in [0, 0.05) is 11.7 Å². The Hall–Kier alpha value is -2.54. The van der Waals surface area contributed by atoms with Crippen molar-refractivity contribution in [2.24, 2.45) is 4.99 Å². The first kappa shape index (κ1) is 20.7. The van der Waals surface area contributed by atoms with E-state index < -0.39 is 0 Å². The molecule has 0 spiro atoms. The number of amidine groups is 1. The van der Waals surface area contributed by atoms with E-state index in [1.54, 1.807) is 6.92 Å². The molecule has 1 aliphatic carbocycles. The first-order valence-electron chi connectivity index (χ1n) is 10.4. The van der Waals surface area contributed by atoms with E-state index >= 15 is 0 Å². The van der Waals surface area contributed by atoms with Crippen LogP contribution in [-0.4, -0.2) is 34.6 Å². The molecule has 0 saturated heterocycles. The predicted molar refractivity (Wildman–Crippen MR) is 119 cm³/mol. The summed E-state index contributed by atoms with van der Waals surface area (Å²) in [7, 11) is 0. The van der Waals surface area contributed by atoms with Crippen LogP contribution in [0.3, 0.4) is 0 Å². The number of aliphatic imine (C=N–C) groups is 1. The van der Waals surface area contributed by atoms with E-state index in [9.17, 15) is 9.59 Å². The number of allylic oxidation sites excluding steroid dienone is 1. The number of benzene rings is 1. The van der Waals surface area contributed by atoms with Gasteiger partial charge < -0.3 is 15.0 Å². The lowest BCUT2D eigenvalue weighted by atomic mass is 9.90. The lowest BCUT2D eigenvalue weighted by Crippen LogP contribution is -2.38. The van der Waals surface area contributed by atoms with Crippen molar-refractivity contribution in [1.29, 1.82) is 0 Å². The van der Waals surface area contributed by atoms with Crippen LogP contribution in [0.1, 0.15) is 55.8 Å². The second kappa shape index (κ2) is 8.30. The maximum atomic E-state index is 13.0. The number of carbonyl (C=O) groups excluding carboxylic acids is 2. The minimum atomic E-state index is -0.369. The van der Waals surface area contributed by atoms with Crippen LogP contribution in [0.25, 0.3) is 0 Å². The van der Waals surface area contributed by atoms with Gasteiger partial charge >= 0.3 is 5.97 Å². The number of carbonyl (C=O) groups is 2. The fraction of sp³-hybridized carbons (Fsp3) is 0.435. The van der Waals surface area contributed by atoms with Crippen LogP contribution in [0.15, 0.2) is 45.6 Å². The fourth-order valence-corrected chi connectivity index (χ4v) is 4.82. The van der Waals surface area contributed by atoms with Crippen molar-refractivity contribution in [1.82, 2.24) is 10.2 Å². The Morgan fingerprint density at radius 1 is 1.27 bits per heavy atom. The van der Waals surface area contributed by atoms with Crippen molar-refractivity contribution in [3.8, 4) is 0 Å². The van der Waals surface area contributed by atoms with Crippen LogP contribution in [0.4, 0.5) is 0 Å². The topological polar surface area (TPSA) is 71.0 Å². The predicted octanol–water partition coefficient (Wildman–Crippen LogP) is 4.11. The van der Waals surface area contributed by atoms with E-state index in [1.165, 1.54) is 11.8 Å². The van der Waals surface area contributed by atoms with Gasteiger partial charge in [0.2, 0.25) is 5.91 Å². The monoisotopic (exact) mass is 425 g/mol. The third-order valence-corrected chi connectivity index (χ3v) is 6.40. The lowest BCUT2D eigenvalue weighted by molar-refractivity contribution is -0.139. The van der Waals surface area contributed by atoms with E-state index in [1.807, 2.05) is 31.1 Å². The van der Waals surface area contributed by atoms with Gasteiger partial charge in [-0.2, -0.15) is 0 Å². The molecule has 0 bridgehead atoms. The molecule has 1 N–H and O–H groups in total. The first-order chi connectivity index (χ1) is 14.4. The molecule has 1 aromatic rings. The summed E-state index contributed by atoms with van der Waals surface area (Å²) in [6.45, 7) is 8.04. The van der Waals surface area contributed by atoms with Crippen LogP contribution in [0.2, 0.25) is 0 Å². The number of rotatable bonds is 6. The Balaban J connectivity index is 1.76. The summed E-state index contributed by atoms with van der Waals surface area (Å²) < 4.78 is 5.40. The zero-order valence-corrected chi connectivity index (χ0v) is 18.6. The second-order valence-electron chi connectivity index (χ2n) is 7.99. The van der Waals surface area contributed by atoms with E-state index in [0.29, 0.717) is 23.9 Å². The van der Waals surface area contributed by atoms with Crippen molar-refractivity contribution >= 4 is 28.8 Å².